The molecule has 1 fully saturated rings. The second-order valence-electron chi connectivity index (χ2n) is 3.33. The largest absolute Gasteiger partial charge is 0.316 e. The van der Waals surface area contributed by atoms with Crippen LogP contribution >= 0.6 is 0 Å². The lowest BCUT2D eigenvalue weighted by molar-refractivity contribution is 0.168. The molecule has 0 radical (unpaired) electrons. The summed E-state index contributed by atoms with van der Waals surface area (Å²) in [5.41, 5.74) is 0. The number of rotatable bonds is 2. The Morgan fingerprint density at radius 3 is 2.91 bits per heavy atom. The summed E-state index contributed by atoms with van der Waals surface area (Å²) < 4.78 is 0. The number of piperazine rings is 1. The molecule has 3 heteroatoms. The highest BCUT2D eigenvalue weighted by Gasteiger charge is 2.22. The van der Waals surface area contributed by atoms with Crippen LogP contribution in [0, 0.1) is 0 Å². The Kier molecular flexibility index (Phi) is 3.30. The zero-order chi connectivity index (χ0) is 8.27. The summed E-state index contributed by atoms with van der Waals surface area (Å²) in [7, 11) is 4.21. The zero-order valence-electron chi connectivity index (χ0n) is 7.72. The Bertz CT molecular complexity index is 112. The van der Waals surface area contributed by atoms with Crippen LogP contribution in [0.1, 0.15) is 6.92 Å². The maximum Gasteiger partial charge on any atom is 0.0368 e. The van der Waals surface area contributed by atoms with E-state index in [2.05, 4.69) is 29.5 Å². The van der Waals surface area contributed by atoms with E-state index in [1.165, 1.54) is 0 Å². The Morgan fingerprint density at radius 1 is 1.64 bits per heavy atom. The molecule has 0 amide bonds. The van der Waals surface area contributed by atoms with Gasteiger partial charge < -0.3 is 10.6 Å². The van der Waals surface area contributed by atoms with Gasteiger partial charge in [0.1, 0.15) is 0 Å². The van der Waals surface area contributed by atoms with E-state index in [0.29, 0.717) is 12.1 Å². The number of nitrogens with zero attached hydrogens (tertiary/aromatic N) is 1. The highest BCUT2D eigenvalue weighted by molar-refractivity contribution is 4.84. The van der Waals surface area contributed by atoms with Gasteiger partial charge >= 0.3 is 0 Å². The van der Waals surface area contributed by atoms with Crippen molar-refractivity contribution in [3.8, 4) is 0 Å². The van der Waals surface area contributed by atoms with Crippen LogP contribution in [-0.4, -0.2) is 50.7 Å². The van der Waals surface area contributed by atoms with Crippen molar-refractivity contribution in [2.45, 2.75) is 19.0 Å². The molecule has 1 saturated heterocycles. The van der Waals surface area contributed by atoms with Crippen molar-refractivity contribution in [1.82, 2.24) is 15.5 Å². The van der Waals surface area contributed by atoms with Crippen molar-refractivity contribution >= 4 is 0 Å². The predicted molar refractivity (Wildman–Crippen MR) is 47.8 cm³/mol. The fourth-order valence-electron chi connectivity index (χ4n) is 1.58. The van der Waals surface area contributed by atoms with E-state index in [4.69, 9.17) is 0 Å². The van der Waals surface area contributed by atoms with Gasteiger partial charge in [-0.25, -0.2) is 0 Å². The molecule has 0 spiro atoms. The first-order valence-corrected chi connectivity index (χ1v) is 4.34. The lowest BCUT2D eigenvalue weighted by atomic mass is 10.1. The minimum absolute atomic E-state index is 0.577. The number of hydrogen-bond donors (Lipinski definition) is 2. The minimum atomic E-state index is 0.577. The second-order valence-corrected chi connectivity index (χ2v) is 3.33. The summed E-state index contributed by atoms with van der Waals surface area (Å²) in [6.45, 7) is 5.63. The molecular formula is C8H19N3. The molecule has 1 heterocycles. The molecule has 3 nitrogen and oxygen atoms in total. The smallest absolute Gasteiger partial charge is 0.0368 e. The minimum Gasteiger partial charge on any atom is -0.316 e. The molecule has 0 aliphatic carbocycles. The fraction of sp³-hybridized carbons (Fsp3) is 1.00. The van der Waals surface area contributed by atoms with Crippen molar-refractivity contribution in [3.63, 3.8) is 0 Å². The summed E-state index contributed by atoms with van der Waals surface area (Å²) >= 11 is 0. The van der Waals surface area contributed by atoms with Crippen molar-refractivity contribution in [3.05, 3.63) is 0 Å². The Balaban J connectivity index is 2.40. The summed E-state index contributed by atoms with van der Waals surface area (Å²) in [6, 6.07) is 1.22. The van der Waals surface area contributed by atoms with Crippen LogP contribution in [0.4, 0.5) is 0 Å². The van der Waals surface area contributed by atoms with Crippen LogP contribution in [0.2, 0.25) is 0 Å². The second kappa shape index (κ2) is 4.04. The molecule has 1 aliphatic rings. The summed E-state index contributed by atoms with van der Waals surface area (Å²) in [5.74, 6) is 0. The average molecular weight is 157 g/mol. The molecule has 0 saturated carbocycles. The van der Waals surface area contributed by atoms with Gasteiger partial charge in [-0.1, -0.05) is 0 Å². The number of nitrogens with one attached hydrogen (secondary N) is 2. The topological polar surface area (TPSA) is 27.3 Å². The van der Waals surface area contributed by atoms with E-state index in [9.17, 15) is 0 Å². The predicted octanol–water partition coefficient (Wildman–Crippen LogP) is -0.502. The van der Waals surface area contributed by atoms with Crippen LogP contribution in [0.3, 0.4) is 0 Å². The van der Waals surface area contributed by atoms with Gasteiger partial charge in [0.15, 0.2) is 0 Å². The molecule has 11 heavy (non-hydrogen) atoms. The summed E-state index contributed by atoms with van der Waals surface area (Å²) in [6.07, 6.45) is 0. The van der Waals surface area contributed by atoms with Gasteiger partial charge in [-0.15, -0.1) is 0 Å². The van der Waals surface area contributed by atoms with Gasteiger partial charge in [0.2, 0.25) is 0 Å². The molecular weight excluding hydrogens is 138 g/mol. The Labute approximate surface area is 69.1 Å². The molecule has 66 valence electrons. The number of hydrogen-bond acceptors (Lipinski definition) is 3. The number of likely N-dealkylation sites (N-methyl/N-ethyl adjacent to an activating group) is 2. The van der Waals surface area contributed by atoms with Gasteiger partial charge in [0.05, 0.1) is 0 Å². The van der Waals surface area contributed by atoms with Gasteiger partial charge in [0, 0.05) is 31.7 Å². The Morgan fingerprint density at radius 2 is 2.36 bits per heavy atom. The van der Waals surface area contributed by atoms with E-state index in [1.54, 1.807) is 0 Å². The van der Waals surface area contributed by atoms with Crippen molar-refractivity contribution < 1.29 is 0 Å². The van der Waals surface area contributed by atoms with Crippen LogP contribution in [0.15, 0.2) is 0 Å². The molecule has 2 atom stereocenters. The highest BCUT2D eigenvalue weighted by Crippen LogP contribution is 2.03. The molecule has 0 bridgehead atoms. The van der Waals surface area contributed by atoms with Crippen LogP contribution in [0.5, 0.6) is 0 Å². The van der Waals surface area contributed by atoms with Gasteiger partial charge in [0.25, 0.3) is 0 Å². The van der Waals surface area contributed by atoms with E-state index >= 15 is 0 Å². The Hall–Kier alpha value is -0.120. The van der Waals surface area contributed by atoms with E-state index in [1.807, 2.05) is 7.05 Å². The highest BCUT2D eigenvalue weighted by atomic mass is 15.2. The first-order chi connectivity index (χ1) is 5.25. The third-order valence-corrected chi connectivity index (χ3v) is 2.59. The van der Waals surface area contributed by atoms with Crippen LogP contribution in [-0.2, 0) is 0 Å². The molecule has 2 N–H and O–H groups in total. The van der Waals surface area contributed by atoms with Crippen LogP contribution < -0.4 is 10.6 Å². The molecule has 1 rings (SSSR count). The monoisotopic (exact) mass is 157 g/mol. The lowest BCUT2D eigenvalue weighted by Gasteiger charge is -2.36. The third-order valence-electron chi connectivity index (χ3n) is 2.59. The fourth-order valence-corrected chi connectivity index (χ4v) is 1.58. The standard InChI is InChI=1S/C8H19N3/c1-7(9-2)8-6-10-4-5-11(8)3/h7-10H,4-6H2,1-3H3. The van der Waals surface area contributed by atoms with Gasteiger partial charge in [-0.05, 0) is 21.0 Å². The van der Waals surface area contributed by atoms with Crippen molar-refractivity contribution in [2.75, 3.05) is 33.7 Å². The van der Waals surface area contributed by atoms with E-state index < -0.39 is 0 Å². The van der Waals surface area contributed by atoms with Crippen molar-refractivity contribution in [1.29, 1.82) is 0 Å². The summed E-state index contributed by atoms with van der Waals surface area (Å²) in [4.78, 5) is 2.41. The summed E-state index contributed by atoms with van der Waals surface area (Å²) in [5, 5.41) is 6.68. The van der Waals surface area contributed by atoms with Gasteiger partial charge in [-0.2, -0.15) is 0 Å². The van der Waals surface area contributed by atoms with E-state index in [-0.39, 0.29) is 0 Å². The third kappa shape index (κ3) is 2.15. The molecule has 0 aromatic heterocycles. The molecule has 0 aromatic rings. The zero-order valence-corrected chi connectivity index (χ0v) is 7.72. The van der Waals surface area contributed by atoms with Crippen molar-refractivity contribution in [2.24, 2.45) is 0 Å². The maximum atomic E-state index is 3.40. The SMILES string of the molecule is CNC(C)C1CNCCN1C. The van der Waals surface area contributed by atoms with E-state index in [0.717, 1.165) is 19.6 Å². The van der Waals surface area contributed by atoms with Crippen LogP contribution in [0.25, 0.3) is 0 Å². The first-order valence-electron chi connectivity index (χ1n) is 4.34. The maximum absolute atomic E-state index is 3.40. The van der Waals surface area contributed by atoms with Gasteiger partial charge in [-0.3, -0.25) is 4.90 Å². The molecule has 0 aromatic carbocycles. The first kappa shape index (κ1) is 8.97. The quantitative estimate of drug-likeness (QED) is 0.566. The molecule has 2 unspecified atom stereocenters. The average Bonchev–Trinajstić information content (AvgIpc) is 2.04. The normalized spacial score (nSPS) is 30.3. The lowest BCUT2D eigenvalue weighted by Crippen LogP contribution is -2.56. The molecule has 1 aliphatic heterocycles.